The first kappa shape index (κ1) is 10.8. The molecule has 0 fully saturated rings. The molecule has 1 atom stereocenters. The largest absolute Gasteiger partial charge is 0.482 e. The number of hydrogen-bond acceptors (Lipinski definition) is 7. The lowest BCUT2D eigenvalue weighted by molar-refractivity contribution is 0.0648. The van der Waals surface area contributed by atoms with E-state index in [9.17, 15) is 0 Å². The molecule has 2 heterocycles. The van der Waals surface area contributed by atoms with Crippen LogP contribution in [0.15, 0.2) is 29.2 Å². The average molecular weight is 224 g/mol. The number of nitrogens with one attached hydrogen (secondary N) is 2. The van der Waals surface area contributed by atoms with E-state index in [1.165, 1.54) is 0 Å². The highest BCUT2D eigenvalue weighted by Gasteiger charge is 2.37. The third-order valence-electron chi connectivity index (χ3n) is 2.57. The fraction of sp³-hybridized carbons (Fsp3) is 0.444. The van der Waals surface area contributed by atoms with Crippen molar-refractivity contribution >= 4 is 5.84 Å². The van der Waals surface area contributed by atoms with Gasteiger partial charge in [0.25, 0.3) is 0 Å². The molecule has 0 spiro atoms. The standard InChI is InChI=1S/C9H16N6O/c1-16-8-3-2-5-9(12-8,14-11)15-6-4-7(10)13-15/h2-3,5,12,14H,4,6,11H2,1H3,(H2,10,13). The maximum atomic E-state index is 5.65. The van der Waals surface area contributed by atoms with E-state index in [4.69, 9.17) is 16.3 Å². The SMILES string of the molecule is COC1=CC=CC(NN)(N2CCC(N)=N2)N1. The number of hydrogen-bond donors (Lipinski definition) is 4. The summed E-state index contributed by atoms with van der Waals surface area (Å²) in [6.45, 7) is 0.699. The average Bonchev–Trinajstić information content (AvgIpc) is 2.76. The van der Waals surface area contributed by atoms with Crippen LogP contribution in [0.3, 0.4) is 0 Å². The van der Waals surface area contributed by atoms with Crippen LogP contribution in [-0.4, -0.2) is 30.3 Å². The molecule has 0 aromatic carbocycles. The van der Waals surface area contributed by atoms with Crippen LogP contribution in [0.2, 0.25) is 0 Å². The lowest BCUT2D eigenvalue weighted by Crippen LogP contribution is -2.67. The number of dihydropyridines is 1. The molecule has 7 heteroatoms. The van der Waals surface area contributed by atoms with Gasteiger partial charge in [-0.15, -0.1) is 0 Å². The lowest BCUT2D eigenvalue weighted by Gasteiger charge is -2.39. The fourth-order valence-corrected chi connectivity index (χ4v) is 1.70. The Labute approximate surface area is 93.8 Å². The number of ether oxygens (including phenoxy) is 1. The summed E-state index contributed by atoms with van der Waals surface area (Å²) >= 11 is 0. The van der Waals surface area contributed by atoms with E-state index in [-0.39, 0.29) is 0 Å². The first-order valence-electron chi connectivity index (χ1n) is 5.00. The Hall–Kier alpha value is -1.73. The topological polar surface area (TPSA) is 101 Å². The Morgan fingerprint density at radius 3 is 3.06 bits per heavy atom. The zero-order valence-electron chi connectivity index (χ0n) is 9.10. The van der Waals surface area contributed by atoms with E-state index < -0.39 is 5.79 Å². The molecule has 0 aliphatic carbocycles. The lowest BCUT2D eigenvalue weighted by atomic mass is 10.2. The van der Waals surface area contributed by atoms with Crippen LogP contribution in [0.4, 0.5) is 0 Å². The molecule has 6 N–H and O–H groups in total. The molecule has 88 valence electrons. The fourth-order valence-electron chi connectivity index (χ4n) is 1.70. The maximum Gasteiger partial charge on any atom is 0.216 e. The van der Waals surface area contributed by atoms with Crippen molar-refractivity contribution < 1.29 is 4.74 Å². The summed E-state index contributed by atoms with van der Waals surface area (Å²) in [6, 6.07) is 0. The second-order valence-corrected chi connectivity index (χ2v) is 3.59. The van der Waals surface area contributed by atoms with E-state index in [2.05, 4.69) is 15.8 Å². The number of nitrogens with two attached hydrogens (primary N) is 2. The Bertz CT molecular complexity index is 363. The molecule has 0 bridgehead atoms. The molecule has 0 saturated heterocycles. The zero-order valence-corrected chi connectivity index (χ0v) is 9.10. The molecule has 16 heavy (non-hydrogen) atoms. The predicted octanol–water partition coefficient (Wildman–Crippen LogP) is -1.27. The summed E-state index contributed by atoms with van der Waals surface area (Å²) in [5.41, 5.74) is 8.34. The molecule has 2 aliphatic rings. The number of amidine groups is 1. The van der Waals surface area contributed by atoms with Crippen molar-refractivity contribution in [3.05, 3.63) is 24.1 Å². The summed E-state index contributed by atoms with van der Waals surface area (Å²) in [7, 11) is 1.58. The van der Waals surface area contributed by atoms with Gasteiger partial charge >= 0.3 is 0 Å². The van der Waals surface area contributed by atoms with E-state index in [0.717, 1.165) is 6.42 Å². The van der Waals surface area contributed by atoms with Gasteiger partial charge in [0.2, 0.25) is 5.79 Å². The minimum Gasteiger partial charge on any atom is -0.482 e. The van der Waals surface area contributed by atoms with Gasteiger partial charge in [0, 0.05) is 13.0 Å². The minimum absolute atomic E-state index is 0.596. The highest BCUT2D eigenvalue weighted by molar-refractivity contribution is 5.81. The van der Waals surface area contributed by atoms with Crippen LogP contribution in [0.5, 0.6) is 0 Å². The number of allylic oxidation sites excluding steroid dienone is 2. The smallest absolute Gasteiger partial charge is 0.216 e. The van der Waals surface area contributed by atoms with E-state index in [1.54, 1.807) is 18.2 Å². The van der Waals surface area contributed by atoms with E-state index in [0.29, 0.717) is 18.3 Å². The van der Waals surface area contributed by atoms with Crippen molar-refractivity contribution in [3.63, 3.8) is 0 Å². The molecule has 2 aliphatic heterocycles. The van der Waals surface area contributed by atoms with Gasteiger partial charge in [0.1, 0.15) is 5.84 Å². The first-order valence-corrected chi connectivity index (χ1v) is 5.00. The summed E-state index contributed by atoms with van der Waals surface area (Å²) in [6.07, 6.45) is 6.24. The van der Waals surface area contributed by atoms with Gasteiger partial charge in [-0.05, 0) is 12.2 Å². The van der Waals surface area contributed by atoms with Crippen molar-refractivity contribution in [1.82, 2.24) is 15.8 Å². The summed E-state index contributed by atoms with van der Waals surface area (Å²) in [5, 5.41) is 9.08. The minimum atomic E-state index is -0.777. The van der Waals surface area contributed by atoms with Crippen LogP contribution in [0.1, 0.15) is 6.42 Å². The third-order valence-corrected chi connectivity index (χ3v) is 2.57. The number of hydrazone groups is 1. The van der Waals surface area contributed by atoms with Crippen molar-refractivity contribution in [2.45, 2.75) is 12.2 Å². The van der Waals surface area contributed by atoms with Gasteiger partial charge in [-0.3, -0.25) is 10.9 Å². The Morgan fingerprint density at radius 2 is 2.50 bits per heavy atom. The van der Waals surface area contributed by atoms with Crippen molar-refractivity contribution in [1.29, 1.82) is 0 Å². The molecule has 7 nitrogen and oxygen atoms in total. The van der Waals surface area contributed by atoms with Gasteiger partial charge in [0.05, 0.1) is 7.11 Å². The van der Waals surface area contributed by atoms with Gasteiger partial charge in [-0.2, -0.15) is 5.10 Å². The van der Waals surface area contributed by atoms with Crippen molar-refractivity contribution in [2.75, 3.05) is 13.7 Å². The third kappa shape index (κ3) is 1.70. The molecular weight excluding hydrogens is 208 g/mol. The molecule has 2 rings (SSSR count). The predicted molar refractivity (Wildman–Crippen MR) is 60.4 cm³/mol. The number of methoxy groups -OCH3 is 1. The van der Waals surface area contributed by atoms with E-state index >= 15 is 0 Å². The Balaban J connectivity index is 2.21. The van der Waals surface area contributed by atoms with Gasteiger partial charge in [-0.25, -0.2) is 5.43 Å². The second kappa shape index (κ2) is 4.03. The molecular formula is C9H16N6O. The highest BCUT2D eigenvalue weighted by Crippen LogP contribution is 2.20. The number of rotatable bonds is 3. The molecule has 0 saturated carbocycles. The van der Waals surface area contributed by atoms with Crippen LogP contribution in [0.25, 0.3) is 0 Å². The second-order valence-electron chi connectivity index (χ2n) is 3.59. The van der Waals surface area contributed by atoms with Gasteiger partial charge in [0.15, 0.2) is 5.88 Å². The molecule has 0 amide bonds. The molecule has 0 aromatic heterocycles. The van der Waals surface area contributed by atoms with Gasteiger partial charge in [-0.1, -0.05) is 6.08 Å². The maximum absolute atomic E-state index is 5.65. The molecule has 0 aromatic rings. The Kier molecular flexibility index (Phi) is 2.71. The molecule has 0 radical (unpaired) electrons. The van der Waals surface area contributed by atoms with Crippen LogP contribution >= 0.6 is 0 Å². The number of nitrogens with zero attached hydrogens (tertiary/aromatic N) is 2. The van der Waals surface area contributed by atoms with E-state index in [1.807, 2.05) is 12.2 Å². The van der Waals surface area contributed by atoms with Gasteiger partial charge < -0.3 is 15.8 Å². The van der Waals surface area contributed by atoms with Crippen LogP contribution in [-0.2, 0) is 4.74 Å². The quantitative estimate of drug-likeness (QED) is 0.352. The summed E-state index contributed by atoms with van der Waals surface area (Å²) < 4.78 is 5.13. The van der Waals surface area contributed by atoms with Crippen molar-refractivity contribution in [3.8, 4) is 0 Å². The van der Waals surface area contributed by atoms with Crippen molar-refractivity contribution in [2.24, 2.45) is 16.7 Å². The normalized spacial score (nSPS) is 28.5. The van der Waals surface area contributed by atoms with Crippen LogP contribution in [0, 0.1) is 0 Å². The molecule has 1 unspecified atom stereocenters. The summed E-state index contributed by atoms with van der Waals surface area (Å²) in [4.78, 5) is 0. The highest BCUT2D eigenvalue weighted by atomic mass is 16.5. The summed E-state index contributed by atoms with van der Waals surface area (Å²) in [5.74, 6) is 6.01. The zero-order chi connectivity index (χ0) is 11.6. The van der Waals surface area contributed by atoms with Crippen LogP contribution < -0.4 is 22.3 Å². The Morgan fingerprint density at radius 1 is 1.69 bits per heavy atom. The number of hydrazine groups is 1. The first-order chi connectivity index (χ1) is 7.70. The monoisotopic (exact) mass is 224 g/mol.